The summed E-state index contributed by atoms with van der Waals surface area (Å²) in [6, 6.07) is 55.0. The van der Waals surface area contributed by atoms with Crippen LogP contribution in [0, 0.1) is 0 Å². The van der Waals surface area contributed by atoms with Gasteiger partial charge in [0.1, 0.15) is 0 Å². The van der Waals surface area contributed by atoms with E-state index >= 15 is 0 Å². The summed E-state index contributed by atoms with van der Waals surface area (Å²) >= 11 is 0. The first-order chi connectivity index (χ1) is 27.5. The van der Waals surface area contributed by atoms with Gasteiger partial charge in [-0.1, -0.05) is 178 Å². The van der Waals surface area contributed by atoms with E-state index in [1.165, 1.54) is 88.8 Å². The van der Waals surface area contributed by atoms with Crippen LogP contribution in [0.1, 0.15) is 30.5 Å². The summed E-state index contributed by atoms with van der Waals surface area (Å²) in [7, 11) is 0. The van der Waals surface area contributed by atoms with Crippen LogP contribution >= 0.6 is 0 Å². The molecule has 3 heteroatoms. The Morgan fingerprint density at radius 2 is 1.18 bits per heavy atom. The molecule has 56 heavy (non-hydrogen) atoms. The third kappa shape index (κ3) is 6.90. The van der Waals surface area contributed by atoms with Gasteiger partial charge in [-0.3, -0.25) is 0 Å². The number of hydrogen-bond donors (Lipinski definition) is 2. The molecular formula is C53H47N3. The van der Waals surface area contributed by atoms with E-state index in [0.717, 1.165) is 6.54 Å². The summed E-state index contributed by atoms with van der Waals surface area (Å²) in [5.74, 6) is 0. The molecule has 0 aliphatic heterocycles. The lowest BCUT2D eigenvalue weighted by Crippen LogP contribution is -2.14. The fourth-order valence-corrected chi connectivity index (χ4v) is 8.27. The van der Waals surface area contributed by atoms with Crippen molar-refractivity contribution in [2.45, 2.75) is 32.4 Å². The second-order valence-corrected chi connectivity index (χ2v) is 14.8. The average molecular weight is 726 g/mol. The molecule has 1 heterocycles. The van der Waals surface area contributed by atoms with Crippen LogP contribution in [0.4, 0.5) is 0 Å². The van der Waals surface area contributed by atoms with Crippen molar-refractivity contribution in [3.05, 3.63) is 217 Å². The molecule has 0 radical (unpaired) electrons. The van der Waals surface area contributed by atoms with Gasteiger partial charge in [0.25, 0.3) is 0 Å². The number of nitrogens with two attached hydrogens (primary N) is 2. The van der Waals surface area contributed by atoms with Gasteiger partial charge in [0.15, 0.2) is 0 Å². The highest BCUT2D eigenvalue weighted by Crippen LogP contribution is 2.49. The molecule has 9 rings (SSSR count). The van der Waals surface area contributed by atoms with Crippen LogP contribution in [-0.2, 0) is 18.5 Å². The maximum atomic E-state index is 5.42. The van der Waals surface area contributed by atoms with Gasteiger partial charge in [0, 0.05) is 29.3 Å². The smallest absolute Gasteiger partial charge is 0.0501 e. The molecule has 0 spiro atoms. The Kier molecular flexibility index (Phi) is 10.4. The van der Waals surface area contributed by atoms with Gasteiger partial charge in [0.05, 0.1) is 11.0 Å². The molecule has 0 amide bonds. The van der Waals surface area contributed by atoms with Crippen molar-refractivity contribution >= 4 is 32.6 Å². The normalized spacial score (nSPS) is 13.3. The van der Waals surface area contributed by atoms with Crippen molar-refractivity contribution in [3.63, 3.8) is 0 Å². The van der Waals surface area contributed by atoms with Crippen molar-refractivity contribution in [1.29, 1.82) is 0 Å². The fraction of sp³-hybridized carbons (Fsp3) is 0.0943. The lowest BCUT2D eigenvalue weighted by Gasteiger charge is -2.22. The summed E-state index contributed by atoms with van der Waals surface area (Å²) in [5, 5.41) is 5.14. The first kappa shape index (κ1) is 36.3. The van der Waals surface area contributed by atoms with Crippen LogP contribution < -0.4 is 11.5 Å². The van der Waals surface area contributed by atoms with Gasteiger partial charge in [-0.05, 0) is 97.4 Å². The molecule has 0 saturated carbocycles. The van der Waals surface area contributed by atoms with Crippen LogP contribution in [0.5, 0.6) is 0 Å². The summed E-state index contributed by atoms with van der Waals surface area (Å²) in [6.45, 7) is 6.11. The van der Waals surface area contributed by atoms with E-state index in [9.17, 15) is 0 Å². The van der Waals surface area contributed by atoms with Gasteiger partial charge < -0.3 is 16.0 Å². The zero-order chi connectivity index (χ0) is 38.5. The van der Waals surface area contributed by atoms with E-state index in [2.05, 4.69) is 158 Å². The Bertz CT molecular complexity index is 2790. The predicted octanol–water partition coefficient (Wildman–Crippen LogP) is 12.9. The zero-order valence-corrected chi connectivity index (χ0v) is 32.1. The van der Waals surface area contributed by atoms with E-state index in [1.807, 2.05) is 54.6 Å². The largest absolute Gasteiger partial charge is 0.405 e. The Hall–Kier alpha value is -6.68. The summed E-state index contributed by atoms with van der Waals surface area (Å²) < 4.78 is 2.45. The van der Waals surface area contributed by atoms with Crippen molar-refractivity contribution in [3.8, 4) is 33.4 Å². The maximum absolute atomic E-state index is 5.42. The number of aromatic nitrogens is 1. The number of allylic oxidation sites excluding steroid dienone is 7. The van der Waals surface area contributed by atoms with Gasteiger partial charge in [0.2, 0.25) is 0 Å². The monoisotopic (exact) mass is 725 g/mol. The predicted molar refractivity (Wildman–Crippen MR) is 240 cm³/mol. The fourth-order valence-electron chi connectivity index (χ4n) is 8.27. The molecule has 0 atom stereocenters. The minimum absolute atomic E-state index is 0.0310. The molecule has 4 N–H and O–H groups in total. The minimum Gasteiger partial charge on any atom is -0.405 e. The lowest BCUT2D eigenvalue weighted by atomic mass is 9.81. The van der Waals surface area contributed by atoms with Crippen molar-refractivity contribution in [1.82, 2.24) is 4.57 Å². The standard InChI is InChI=1S/C46H38N2.C7H9N/c1-46(2)40-22-11-10-20-38(40)39-26-24-34(31-41(39)46)33-17-14-18-35(30-33)37-21-15-23-42-45(37)44-36-19-9-8-16-32(36)25-27-43(44)48(42)29-13-7-5-3-4-6-12-28-47;8-6-7-4-2-1-3-5-7/h3-28,30-31H,29,47H2,1-2H3;1-5H,6,8H2/b5-3+,6-4-,13-7+,28-12-;. The van der Waals surface area contributed by atoms with E-state index in [4.69, 9.17) is 11.5 Å². The van der Waals surface area contributed by atoms with Crippen molar-refractivity contribution in [2.75, 3.05) is 0 Å². The number of nitrogens with zero attached hydrogens (tertiary/aromatic N) is 1. The number of fused-ring (bicyclic) bond motifs is 8. The van der Waals surface area contributed by atoms with E-state index in [-0.39, 0.29) is 5.41 Å². The molecule has 1 aromatic heterocycles. The molecule has 0 fully saturated rings. The van der Waals surface area contributed by atoms with Gasteiger partial charge in [-0.25, -0.2) is 0 Å². The molecule has 0 unspecified atom stereocenters. The Morgan fingerprint density at radius 3 is 2.00 bits per heavy atom. The third-order valence-electron chi connectivity index (χ3n) is 11.0. The highest BCUT2D eigenvalue weighted by Gasteiger charge is 2.35. The van der Waals surface area contributed by atoms with Crippen LogP contribution in [0.2, 0.25) is 0 Å². The molecule has 274 valence electrons. The number of rotatable bonds is 8. The van der Waals surface area contributed by atoms with Crippen LogP contribution in [0.3, 0.4) is 0 Å². The highest BCUT2D eigenvalue weighted by molar-refractivity contribution is 6.24. The molecule has 3 nitrogen and oxygen atoms in total. The SMILES string of the molecule is CC1(C)c2ccccc2-c2ccc(-c3cccc(-c4cccc5c4c4c6ccccc6ccc4n5C/C=C/C=C/C=C\C=C/N)c3)cc21.NCc1ccccc1. The van der Waals surface area contributed by atoms with E-state index < -0.39 is 0 Å². The Labute approximate surface area is 330 Å². The Balaban J connectivity index is 0.000000493. The average Bonchev–Trinajstić information content (AvgIpc) is 3.70. The second-order valence-electron chi connectivity index (χ2n) is 14.8. The molecule has 1 aliphatic carbocycles. The number of hydrogen-bond acceptors (Lipinski definition) is 2. The van der Waals surface area contributed by atoms with Crippen LogP contribution in [0.25, 0.3) is 66.0 Å². The molecule has 0 saturated heterocycles. The zero-order valence-electron chi connectivity index (χ0n) is 32.1. The third-order valence-corrected chi connectivity index (χ3v) is 11.0. The van der Waals surface area contributed by atoms with Crippen molar-refractivity contribution in [2.24, 2.45) is 11.5 Å². The molecular weight excluding hydrogens is 679 g/mol. The van der Waals surface area contributed by atoms with Gasteiger partial charge in [-0.15, -0.1) is 0 Å². The molecule has 1 aliphatic rings. The molecule has 7 aromatic carbocycles. The van der Waals surface area contributed by atoms with Crippen LogP contribution in [-0.4, -0.2) is 4.57 Å². The Morgan fingerprint density at radius 1 is 0.518 bits per heavy atom. The van der Waals surface area contributed by atoms with Crippen LogP contribution in [0.15, 0.2) is 200 Å². The first-order valence-electron chi connectivity index (χ1n) is 19.4. The first-order valence-corrected chi connectivity index (χ1v) is 19.4. The quantitative estimate of drug-likeness (QED) is 0.153. The summed E-state index contributed by atoms with van der Waals surface area (Å²) in [4.78, 5) is 0. The molecule has 0 bridgehead atoms. The minimum atomic E-state index is -0.0310. The lowest BCUT2D eigenvalue weighted by molar-refractivity contribution is 0.660. The van der Waals surface area contributed by atoms with Gasteiger partial charge in [-0.2, -0.15) is 0 Å². The summed E-state index contributed by atoms with van der Waals surface area (Å²) in [5.41, 5.74) is 24.9. The summed E-state index contributed by atoms with van der Waals surface area (Å²) in [6.07, 6.45) is 15.6. The molecule has 8 aromatic rings. The van der Waals surface area contributed by atoms with E-state index in [1.54, 1.807) is 0 Å². The van der Waals surface area contributed by atoms with Crippen molar-refractivity contribution < 1.29 is 0 Å². The second kappa shape index (κ2) is 16.0. The topological polar surface area (TPSA) is 57.0 Å². The maximum Gasteiger partial charge on any atom is 0.0501 e. The van der Waals surface area contributed by atoms with E-state index in [0.29, 0.717) is 6.54 Å². The highest BCUT2D eigenvalue weighted by atomic mass is 15.0. The number of benzene rings is 7. The van der Waals surface area contributed by atoms with Gasteiger partial charge >= 0.3 is 0 Å².